The van der Waals surface area contributed by atoms with Crippen LogP contribution in [-0.2, 0) is 10.3 Å². The van der Waals surface area contributed by atoms with Crippen molar-refractivity contribution in [3.63, 3.8) is 0 Å². The van der Waals surface area contributed by atoms with E-state index < -0.39 is 5.54 Å². The molecule has 1 heterocycles. The zero-order valence-corrected chi connectivity index (χ0v) is 12.0. The van der Waals surface area contributed by atoms with E-state index in [1.165, 1.54) is 4.90 Å². The second-order valence-corrected chi connectivity index (χ2v) is 5.36. The molecule has 0 spiro atoms. The molecule has 5 heteroatoms. The van der Waals surface area contributed by atoms with Gasteiger partial charge in [-0.05, 0) is 19.4 Å². The number of aryl methyl sites for hydroxylation is 1. The molecular formula is C13H15BrN2O2. The maximum atomic E-state index is 12.3. The Morgan fingerprint density at radius 1 is 1.28 bits per heavy atom. The minimum absolute atomic E-state index is 0.198. The highest BCUT2D eigenvalue weighted by molar-refractivity contribution is 9.09. The molecule has 0 aliphatic carbocycles. The number of rotatable bonds is 3. The Kier molecular flexibility index (Phi) is 3.43. The summed E-state index contributed by atoms with van der Waals surface area (Å²) in [5, 5.41) is 3.35. The van der Waals surface area contributed by atoms with Crippen molar-refractivity contribution in [3.8, 4) is 0 Å². The number of halogens is 1. The topological polar surface area (TPSA) is 49.4 Å². The largest absolute Gasteiger partial charge is 0.325 e. The lowest BCUT2D eigenvalue weighted by atomic mass is 9.91. The monoisotopic (exact) mass is 310 g/mol. The first kappa shape index (κ1) is 13.1. The van der Waals surface area contributed by atoms with Gasteiger partial charge in [0.15, 0.2) is 0 Å². The van der Waals surface area contributed by atoms with Crippen LogP contribution in [-0.4, -0.2) is 28.7 Å². The summed E-state index contributed by atoms with van der Waals surface area (Å²) in [4.78, 5) is 25.4. The molecule has 1 fully saturated rings. The molecule has 1 atom stereocenters. The third-order valence-corrected chi connectivity index (χ3v) is 3.57. The van der Waals surface area contributed by atoms with Crippen LogP contribution in [0.4, 0.5) is 4.79 Å². The number of imide groups is 1. The van der Waals surface area contributed by atoms with Crippen LogP contribution in [0, 0.1) is 6.92 Å². The molecule has 0 bridgehead atoms. The van der Waals surface area contributed by atoms with Crippen LogP contribution in [0.15, 0.2) is 24.3 Å². The molecule has 96 valence electrons. The number of urea groups is 1. The molecule has 1 saturated heterocycles. The zero-order valence-electron chi connectivity index (χ0n) is 10.4. The van der Waals surface area contributed by atoms with Crippen molar-refractivity contribution in [1.29, 1.82) is 0 Å². The Bertz CT molecular complexity index is 486. The number of alkyl halides is 1. The number of carbonyl (C=O) groups excluding carboxylic acids is 2. The number of carbonyl (C=O) groups is 2. The van der Waals surface area contributed by atoms with Crippen molar-refractivity contribution in [2.24, 2.45) is 0 Å². The van der Waals surface area contributed by atoms with Gasteiger partial charge < -0.3 is 5.32 Å². The highest BCUT2D eigenvalue weighted by Crippen LogP contribution is 2.28. The third kappa shape index (κ3) is 2.03. The quantitative estimate of drug-likeness (QED) is 0.687. The Labute approximate surface area is 114 Å². The first-order valence-electron chi connectivity index (χ1n) is 5.76. The Morgan fingerprint density at radius 2 is 1.89 bits per heavy atom. The number of hydrogen-bond donors (Lipinski definition) is 1. The predicted octanol–water partition coefficient (Wildman–Crippen LogP) is 2.16. The summed E-state index contributed by atoms with van der Waals surface area (Å²) in [6.07, 6.45) is 0. The summed E-state index contributed by atoms with van der Waals surface area (Å²) in [5.74, 6) is -0.198. The summed E-state index contributed by atoms with van der Waals surface area (Å²) in [5.41, 5.74) is 0.979. The summed E-state index contributed by atoms with van der Waals surface area (Å²) >= 11 is 3.24. The molecule has 0 aromatic heterocycles. The molecule has 2 rings (SSSR count). The fourth-order valence-corrected chi connectivity index (χ4v) is 2.42. The van der Waals surface area contributed by atoms with E-state index in [9.17, 15) is 9.59 Å². The standard InChI is InChI=1S/C13H15BrN2O2/c1-9-3-5-10(6-4-9)13(2)11(17)16(8-7-14)12(18)15-13/h3-6H,7-8H2,1-2H3,(H,15,18). The van der Waals surface area contributed by atoms with Crippen LogP contribution in [0.2, 0.25) is 0 Å². The van der Waals surface area contributed by atoms with Crippen LogP contribution in [0.25, 0.3) is 0 Å². The third-order valence-electron chi connectivity index (χ3n) is 3.21. The van der Waals surface area contributed by atoms with Gasteiger partial charge in [-0.15, -0.1) is 0 Å². The second kappa shape index (κ2) is 4.72. The number of nitrogens with zero attached hydrogens (tertiary/aromatic N) is 1. The average molecular weight is 311 g/mol. The van der Waals surface area contributed by atoms with Crippen LogP contribution in [0.3, 0.4) is 0 Å². The van der Waals surface area contributed by atoms with Gasteiger partial charge in [-0.1, -0.05) is 45.8 Å². The van der Waals surface area contributed by atoms with Crippen molar-refractivity contribution in [2.75, 3.05) is 11.9 Å². The lowest BCUT2D eigenvalue weighted by molar-refractivity contribution is -0.130. The second-order valence-electron chi connectivity index (χ2n) is 4.57. The van der Waals surface area contributed by atoms with Crippen molar-refractivity contribution in [1.82, 2.24) is 10.2 Å². The van der Waals surface area contributed by atoms with Gasteiger partial charge in [0.25, 0.3) is 5.91 Å². The molecule has 0 radical (unpaired) electrons. The van der Waals surface area contributed by atoms with E-state index in [4.69, 9.17) is 0 Å². The van der Waals surface area contributed by atoms with Crippen molar-refractivity contribution < 1.29 is 9.59 Å². The van der Waals surface area contributed by atoms with E-state index >= 15 is 0 Å². The Balaban J connectivity index is 2.35. The van der Waals surface area contributed by atoms with Crippen molar-refractivity contribution in [2.45, 2.75) is 19.4 Å². The van der Waals surface area contributed by atoms with E-state index in [1.807, 2.05) is 31.2 Å². The van der Waals surface area contributed by atoms with Crippen LogP contribution in [0.1, 0.15) is 18.1 Å². The first-order chi connectivity index (χ1) is 8.49. The smallest absolute Gasteiger partial charge is 0.319 e. The van der Waals surface area contributed by atoms with Crippen LogP contribution >= 0.6 is 15.9 Å². The number of nitrogens with one attached hydrogen (secondary N) is 1. The number of hydrogen-bond acceptors (Lipinski definition) is 2. The minimum Gasteiger partial charge on any atom is -0.319 e. The summed E-state index contributed by atoms with van der Waals surface area (Å²) < 4.78 is 0. The van der Waals surface area contributed by atoms with Gasteiger partial charge in [0.05, 0.1) is 0 Å². The Morgan fingerprint density at radius 3 is 2.44 bits per heavy atom. The van der Waals surface area contributed by atoms with E-state index in [2.05, 4.69) is 21.2 Å². The van der Waals surface area contributed by atoms with Gasteiger partial charge in [-0.25, -0.2) is 4.79 Å². The molecule has 0 saturated carbocycles. The predicted molar refractivity (Wildman–Crippen MR) is 72.6 cm³/mol. The summed E-state index contributed by atoms with van der Waals surface area (Å²) in [6, 6.07) is 7.30. The fraction of sp³-hybridized carbons (Fsp3) is 0.385. The normalized spacial score (nSPS) is 23.4. The van der Waals surface area contributed by atoms with E-state index in [-0.39, 0.29) is 11.9 Å². The molecule has 1 unspecified atom stereocenters. The Hall–Kier alpha value is -1.36. The lowest BCUT2D eigenvalue weighted by Crippen LogP contribution is -2.41. The maximum Gasteiger partial charge on any atom is 0.325 e. The maximum absolute atomic E-state index is 12.3. The fourth-order valence-electron chi connectivity index (χ4n) is 2.07. The van der Waals surface area contributed by atoms with Gasteiger partial charge in [-0.2, -0.15) is 0 Å². The van der Waals surface area contributed by atoms with Crippen LogP contribution in [0.5, 0.6) is 0 Å². The molecular weight excluding hydrogens is 296 g/mol. The number of amides is 3. The van der Waals surface area contributed by atoms with Crippen molar-refractivity contribution in [3.05, 3.63) is 35.4 Å². The minimum atomic E-state index is -0.951. The molecule has 4 nitrogen and oxygen atoms in total. The highest BCUT2D eigenvalue weighted by atomic mass is 79.9. The first-order valence-corrected chi connectivity index (χ1v) is 6.88. The number of benzene rings is 1. The van der Waals surface area contributed by atoms with Gasteiger partial charge >= 0.3 is 6.03 Å². The summed E-state index contributed by atoms with van der Waals surface area (Å²) in [6.45, 7) is 4.11. The summed E-state index contributed by atoms with van der Waals surface area (Å²) in [7, 11) is 0. The molecule has 1 N–H and O–H groups in total. The molecule has 1 aliphatic rings. The molecule has 18 heavy (non-hydrogen) atoms. The van der Waals surface area contributed by atoms with Gasteiger partial charge in [0.1, 0.15) is 5.54 Å². The van der Waals surface area contributed by atoms with E-state index in [1.54, 1.807) is 6.92 Å². The van der Waals surface area contributed by atoms with Crippen LogP contribution < -0.4 is 5.32 Å². The SMILES string of the molecule is Cc1ccc(C2(C)NC(=O)N(CCBr)C2=O)cc1. The zero-order chi connectivity index (χ0) is 13.3. The van der Waals surface area contributed by atoms with Gasteiger partial charge in [0.2, 0.25) is 0 Å². The molecule has 1 aromatic carbocycles. The average Bonchev–Trinajstić information content (AvgIpc) is 2.55. The van der Waals surface area contributed by atoms with E-state index in [0.29, 0.717) is 11.9 Å². The lowest BCUT2D eigenvalue weighted by Gasteiger charge is -2.22. The van der Waals surface area contributed by atoms with Gasteiger partial charge in [0, 0.05) is 11.9 Å². The molecule has 1 aromatic rings. The molecule has 3 amide bonds. The molecule has 1 aliphatic heterocycles. The van der Waals surface area contributed by atoms with Crippen molar-refractivity contribution >= 4 is 27.9 Å². The van der Waals surface area contributed by atoms with Gasteiger partial charge in [-0.3, -0.25) is 9.69 Å². The highest BCUT2D eigenvalue weighted by Gasteiger charge is 2.48. The van der Waals surface area contributed by atoms with E-state index in [0.717, 1.165) is 11.1 Å².